The van der Waals surface area contributed by atoms with Gasteiger partial charge < -0.3 is 10.4 Å². The monoisotopic (exact) mass is 274 g/mol. The van der Waals surface area contributed by atoms with E-state index in [1.165, 1.54) is 0 Å². The standard InChI is InChI=1S/C16H10N4O/c17-7-14(8-18)16(9-19)20-15-6-12-4-2-1-3-11(12)5-13(15)10-21/h1-6,20-21H,10H2. The van der Waals surface area contributed by atoms with Crippen LogP contribution < -0.4 is 5.32 Å². The zero-order valence-electron chi connectivity index (χ0n) is 11.0. The molecule has 0 radical (unpaired) electrons. The molecule has 2 rings (SSSR count). The van der Waals surface area contributed by atoms with Crippen LogP contribution in [0.25, 0.3) is 10.8 Å². The third-order valence-corrected chi connectivity index (χ3v) is 2.99. The second-order valence-electron chi connectivity index (χ2n) is 4.23. The smallest absolute Gasteiger partial charge is 0.163 e. The first-order valence-corrected chi connectivity index (χ1v) is 6.07. The summed E-state index contributed by atoms with van der Waals surface area (Å²) < 4.78 is 0. The van der Waals surface area contributed by atoms with Crippen molar-refractivity contribution in [1.29, 1.82) is 15.8 Å². The third-order valence-electron chi connectivity index (χ3n) is 2.99. The molecule has 0 aliphatic heterocycles. The van der Waals surface area contributed by atoms with Crippen LogP contribution in [0.15, 0.2) is 47.7 Å². The normalized spacial score (nSPS) is 9.24. The summed E-state index contributed by atoms with van der Waals surface area (Å²) in [4.78, 5) is 0. The van der Waals surface area contributed by atoms with E-state index in [9.17, 15) is 5.11 Å². The lowest BCUT2D eigenvalue weighted by atomic mass is 10.0. The van der Waals surface area contributed by atoms with Crippen molar-refractivity contribution in [2.45, 2.75) is 6.61 Å². The van der Waals surface area contributed by atoms with Gasteiger partial charge >= 0.3 is 0 Å². The highest BCUT2D eigenvalue weighted by atomic mass is 16.3. The van der Waals surface area contributed by atoms with Crippen molar-refractivity contribution in [3.63, 3.8) is 0 Å². The second-order valence-corrected chi connectivity index (χ2v) is 4.23. The fourth-order valence-corrected chi connectivity index (χ4v) is 1.95. The van der Waals surface area contributed by atoms with Gasteiger partial charge in [-0.3, -0.25) is 0 Å². The highest BCUT2D eigenvalue weighted by Crippen LogP contribution is 2.25. The molecule has 100 valence electrons. The molecule has 0 atom stereocenters. The van der Waals surface area contributed by atoms with Gasteiger partial charge in [0.05, 0.1) is 6.61 Å². The van der Waals surface area contributed by atoms with Gasteiger partial charge in [0.1, 0.15) is 23.9 Å². The lowest BCUT2D eigenvalue weighted by Crippen LogP contribution is -2.03. The zero-order valence-corrected chi connectivity index (χ0v) is 11.0. The number of hydrogen-bond donors (Lipinski definition) is 2. The van der Waals surface area contributed by atoms with E-state index in [1.807, 2.05) is 24.3 Å². The van der Waals surface area contributed by atoms with Gasteiger partial charge in [0, 0.05) is 11.3 Å². The Morgan fingerprint density at radius 2 is 1.62 bits per heavy atom. The number of aliphatic hydroxyl groups excluding tert-OH is 1. The Bertz CT molecular complexity index is 831. The first kappa shape index (κ1) is 14.1. The van der Waals surface area contributed by atoms with Crippen LogP contribution >= 0.6 is 0 Å². The number of nitriles is 3. The molecule has 21 heavy (non-hydrogen) atoms. The number of aliphatic hydroxyl groups is 1. The quantitative estimate of drug-likeness (QED) is 0.837. The Morgan fingerprint density at radius 3 is 2.14 bits per heavy atom. The molecule has 0 aromatic heterocycles. The van der Waals surface area contributed by atoms with Crippen LogP contribution in [-0.2, 0) is 6.61 Å². The van der Waals surface area contributed by atoms with E-state index in [1.54, 1.807) is 30.3 Å². The lowest BCUT2D eigenvalue weighted by Gasteiger charge is -2.11. The Balaban J connectivity index is 2.57. The topological polar surface area (TPSA) is 104 Å². The largest absolute Gasteiger partial charge is 0.392 e. The van der Waals surface area contributed by atoms with E-state index in [2.05, 4.69) is 5.32 Å². The fraction of sp³-hybridized carbons (Fsp3) is 0.0625. The van der Waals surface area contributed by atoms with Crippen LogP contribution in [0.5, 0.6) is 0 Å². The number of rotatable bonds is 3. The molecule has 0 saturated carbocycles. The van der Waals surface area contributed by atoms with E-state index in [-0.39, 0.29) is 17.9 Å². The first-order valence-electron chi connectivity index (χ1n) is 6.07. The SMILES string of the molecule is N#CC(C#N)=C(C#N)Nc1cc2ccccc2cc1CO. The molecule has 5 heteroatoms. The summed E-state index contributed by atoms with van der Waals surface area (Å²) in [6.07, 6.45) is 0. The van der Waals surface area contributed by atoms with Crippen molar-refractivity contribution in [3.05, 3.63) is 53.2 Å². The van der Waals surface area contributed by atoms with Crippen LogP contribution in [0, 0.1) is 34.0 Å². The average molecular weight is 274 g/mol. The van der Waals surface area contributed by atoms with Crippen LogP contribution in [0.1, 0.15) is 5.56 Å². The van der Waals surface area contributed by atoms with E-state index >= 15 is 0 Å². The molecule has 0 heterocycles. The summed E-state index contributed by atoms with van der Waals surface area (Å²) in [6.45, 7) is -0.222. The van der Waals surface area contributed by atoms with Gasteiger partial charge in [0.25, 0.3) is 0 Å². The van der Waals surface area contributed by atoms with Gasteiger partial charge in [-0.25, -0.2) is 0 Å². The van der Waals surface area contributed by atoms with Crippen LogP contribution in [-0.4, -0.2) is 5.11 Å². The molecule has 2 N–H and O–H groups in total. The highest BCUT2D eigenvalue weighted by Gasteiger charge is 2.10. The summed E-state index contributed by atoms with van der Waals surface area (Å²) in [7, 11) is 0. The molecule has 0 spiro atoms. The molecule has 0 unspecified atom stereocenters. The van der Waals surface area contributed by atoms with Gasteiger partial charge in [-0.05, 0) is 22.9 Å². The number of benzene rings is 2. The Kier molecular flexibility index (Phi) is 4.17. The molecule has 0 fully saturated rings. The number of allylic oxidation sites excluding steroid dienone is 2. The summed E-state index contributed by atoms with van der Waals surface area (Å²) >= 11 is 0. The maximum absolute atomic E-state index is 9.45. The van der Waals surface area contributed by atoms with Gasteiger partial charge in [-0.2, -0.15) is 15.8 Å². The van der Waals surface area contributed by atoms with Crippen molar-refractivity contribution in [3.8, 4) is 18.2 Å². The number of fused-ring (bicyclic) bond motifs is 1. The van der Waals surface area contributed by atoms with Gasteiger partial charge in [0.15, 0.2) is 5.57 Å². The van der Waals surface area contributed by atoms with Crippen molar-refractivity contribution in [2.24, 2.45) is 0 Å². The van der Waals surface area contributed by atoms with Gasteiger partial charge in [-0.1, -0.05) is 24.3 Å². The molecule has 2 aromatic rings. The minimum Gasteiger partial charge on any atom is -0.392 e. The number of nitrogens with zero attached hydrogens (tertiary/aromatic N) is 3. The van der Waals surface area contributed by atoms with E-state index < -0.39 is 0 Å². The molecule has 0 bridgehead atoms. The van der Waals surface area contributed by atoms with Crippen molar-refractivity contribution < 1.29 is 5.11 Å². The van der Waals surface area contributed by atoms with Crippen LogP contribution in [0.3, 0.4) is 0 Å². The fourth-order valence-electron chi connectivity index (χ4n) is 1.95. The first-order chi connectivity index (χ1) is 10.2. The minimum absolute atomic E-state index is 0.134. The molecule has 0 aliphatic carbocycles. The molecular weight excluding hydrogens is 264 g/mol. The summed E-state index contributed by atoms with van der Waals surface area (Å²) in [5.41, 5.74) is 0.645. The van der Waals surface area contributed by atoms with Crippen LogP contribution in [0.2, 0.25) is 0 Å². The molecular formula is C16H10N4O. The number of nitrogens with one attached hydrogen (secondary N) is 1. The maximum atomic E-state index is 9.45. The van der Waals surface area contributed by atoms with Crippen molar-refractivity contribution in [2.75, 3.05) is 5.32 Å². The summed E-state index contributed by atoms with van der Waals surface area (Å²) in [5, 5.41) is 40.8. The van der Waals surface area contributed by atoms with Crippen LogP contribution in [0.4, 0.5) is 5.69 Å². The molecule has 0 amide bonds. The van der Waals surface area contributed by atoms with E-state index in [0.29, 0.717) is 11.3 Å². The zero-order chi connectivity index (χ0) is 15.2. The van der Waals surface area contributed by atoms with Crippen molar-refractivity contribution >= 4 is 16.5 Å². The number of hydrogen-bond acceptors (Lipinski definition) is 5. The molecule has 2 aromatic carbocycles. The Morgan fingerprint density at radius 1 is 1.00 bits per heavy atom. The van der Waals surface area contributed by atoms with E-state index in [4.69, 9.17) is 15.8 Å². The van der Waals surface area contributed by atoms with E-state index in [0.717, 1.165) is 10.8 Å². The second kappa shape index (κ2) is 6.21. The third kappa shape index (κ3) is 2.82. The molecule has 0 aliphatic rings. The predicted molar refractivity (Wildman–Crippen MR) is 77.4 cm³/mol. The Labute approximate surface area is 121 Å². The number of anilines is 1. The van der Waals surface area contributed by atoms with Gasteiger partial charge in [0.2, 0.25) is 0 Å². The lowest BCUT2D eigenvalue weighted by molar-refractivity contribution is 0.282. The predicted octanol–water partition coefficient (Wildman–Crippen LogP) is 2.57. The highest BCUT2D eigenvalue weighted by molar-refractivity contribution is 5.87. The average Bonchev–Trinajstić information content (AvgIpc) is 2.54. The Hall–Kier alpha value is -3.33. The summed E-state index contributed by atoms with van der Waals surface area (Å²) in [6, 6.07) is 16.3. The van der Waals surface area contributed by atoms with Crippen molar-refractivity contribution in [1.82, 2.24) is 0 Å². The van der Waals surface area contributed by atoms with Gasteiger partial charge in [-0.15, -0.1) is 0 Å². The summed E-state index contributed by atoms with van der Waals surface area (Å²) in [5.74, 6) is 0. The molecule has 0 saturated heterocycles. The maximum Gasteiger partial charge on any atom is 0.163 e. The minimum atomic E-state index is -0.297. The molecule has 5 nitrogen and oxygen atoms in total.